The van der Waals surface area contributed by atoms with Crippen molar-refractivity contribution in [3.63, 3.8) is 0 Å². The standard InChI is InChI=1S/C16H21N3O2/c1-10-12(9-11-5-3-4-6-13(11)17-10)15(20)18-14-7-8-19(2)16(14)21/h3-6,10,12,14,17H,7-9H2,1-2H3,(H,18,20). The number of benzene rings is 1. The van der Waals surface area contributed by atoms with Gasteiger partial charge < -0.3 is 15.5 Å². The smallest absolute Gasteiger partial charge is 0.244 e. The lowest BCUT2D eigenvalue weighted by atomic mass is 9.87. The Morgan fingerprint density at radius 2 is 2.14 bits per heavy atom. The number of anilines is 1. The van der Waals surface area contributed by atoms with Gasteiger partial charge in [-0.25, -0.2) is 0 Å². The summed E-state index contributed by atoms with van der Waals surface area (Å²) in [7, 11) is 1.77. The van der Waals surface area contributed by atoms with Crippen LogP contribution in [0.2, 0.25) is 0 Å². The van der Waals surface area contributed by atoms with Gasteiger partial charge in [0.2, 0.25) is 11.8 Å². The van der Waals surface area contributed by atoms with Crippen molar-refractivity contribution in [3.8, 4) is 0 Å². The van der Waals surface area contributed by atoms with Gasteiger partial charge in [-0.15, -0.1) is 0 Å². The van der Waals surface area contributed by atoms with E-state index in [1.54, 1.807) is 11.9 Å². The minimum absolute atomic E-state index is 0.0140. The number of hydrogen-bond donors (Lipinski definition) is 2. The van der Waals surface area contributed by atoms with Crippen LogP contribution in [0, 0.1) is 5.92 Å². The zero-order valence-corrected chi connectivity index (χ0v) is 12.4. The lowest BCUT2D eigenvalue weighted by Gasteiger charge is -2.32. The highest BCUT2D eigenvalue weighted by Gasteiger charge is 2.35. The van der Waals surface area contributed by atoms with Crippen LogP contribution in [0.25, 0.3) is 0 Å². The van der Waals surface area contributed by atoms with E-state index in [4.69, 9.17) is 0 Å². The highest BCUT2D eigenvalue weighted by molar-refractivity contribution is 5.90. The van der Waals surface area contributed by atoms with Crippen LogP contribution in [0.1, 0.15) is 18.9 Å². The van der Waals surface area contributed by atoms with Crippen LogP contribution < -0.4 is 10.6 Å². The van der Waals surface area contributed by atoms with Crippen molar-refractivity contribution >= 4 is 17.5 Å². The summed E-state index contributed by atoms with van der Waals surface area (Å²) in [5.74, 6) is -0.156. The van der Waals surface area contributed by atoms with Crippen LogP contribution in [0.5, 0.6) is 0 Å². The van der Waals surface area contributed by atoms with Crippen LogP contribution >= 0.6 is 0 Å². The molecule has 21 heavy (non-hydrogen) atoms. The Bertz CT molecular complexity index is 572. The lowest BCUT2D eigenvalue weighted by molar-refractivity contribution is -0.133. The van der Waals surface area contributed by atoms with E-state index in [1.807, 2.05) is 31.2 Å². The second-order valence-corrected chi connectivity index (χ2v) is 6.01. The van der Waals surface area contributed by atoms with Gasteiger partial charge in [-0.05, 0) is 31.4 Å². The maximum absolute atomic E-state index is 12.5. The van der Waals surface area contributed by atoms with Crippen molar-refractivity contribution in [2.45, 2.75) is 31.8 Å². The molecule has 112 valence electrons. The number of hydrogen-bond acceptors (Lipinski definition) is 3. The molecule has 1 saturated heterocycles. The molecule has 2 aliphatic rings. The van der Waals surface area contributed by atoms with Gasteiger partial charge in [0.25, 0.3) is 0 Å². The quantitative estimate of drug-likeness (QED) is 0.853. The second-order valence-electron chi connectivity index (χ2n) is 6.01. The molecular formula is C16H21N3O2. The first-order valence-electron chi connectivity index (χ1n) is 7.46. The van der Waals surface area contributed by atoms with Gasteiger partial charge in [0.1, 0.15) is 6.04 Å². The predicted molar refractivity (Wildman–Crippen MR) is 80.9 cm³/mol. The van der Waals surface area contributed by atoms with Gasteiger partial charge in [0, 0.05) is 25.3 Å². The van der Waals surface area contributed by atoms with Crippen LogP contribution in [0.15, 0.2) is 24.3 Å². The second kappa shape index (κ2) is 5.39. The minimum atomic E-state index is -0.355. The average Bonchev–Trinajstić information content (AvgIpc) is 2.78. The maximum Gasteiger partial charge on any atom is 0.244 e. The monoisotopic (exact) mass is 287 g/mol. The number of para-hydroxylation sites is 1. The number of carbonyl (C=O) groups is 2. The predicted octanol–water partition coefficient (Wildman–Crippen LogP) is 1.01. The van der Waals surface area contributed by atoms with Crippen molar-refractivity contribution in [2.75, 3.05) is 18.9 Å². The third kappa shape index (κ3) is 2.60. The highest BCUT2D eigenvalue weighted by atomic mass is 16.2. The normalized spacial score (nSPS) is 28.0. The molecule has 1 aromatic carbocycles. The summed E-state index contributed by atoms with van der Waals surface area (Å²) in [4.78, 5) is 26.1. The molecule has 0 radical (unpaired) electrons. The molecule has 0 bridgehead atoms. The lowest BCUT2D eigenvalue weighted by Crippen LogP contribution is -2.48. The van der Waals surface area contributed by atoms with E-state index < -0.39 is 0 Å². The summed E-state index contributed by atoms with van der Waals surface area (Å²) in [6.45, 7) is 2.73. The molecule has 2 aliphatic heterocycles. The molecule has 3 unspecified atom stereocenters. The van der Waals surface area contributed by atoms with E-state index in [2.05, 4.69) is 10.6 Å². The fraction of sp³-hybridized carbons (Fsp3) is 0.500. The molecule has 0 aliphatic carbocycles. The topological polar surface area (TPSA) is 61.4 Å². The molecular weight excluding hydrogens is 266 g/mol. The first kappa shape index (κ1) is 13.9. The van der Waals surface area contributed by atoms with E-state index in [1.165, 1.54) is 0 Å². The van der Waals surface area contributed by atoms with E-state index in [0.717, 1.165) is 11.3 Å². The molecule has 1 fully saturated rings. The van der Waals surface area contributed by atoms with Crippen LogP contribution in [-0.4, -0.2) is 42.4 Å². The Morgan fingerprint density at radius 3 is 2.86 bits per heavy atom. The fourth-order valence-electron chi connectivity index (χ4n) is 3.15. The molecule has 5 nitrogen and oxygen atoms in total. The Balaban J connectivity index is 1.69. The molecule has 2 N–H and O–H groups in total. The number of nitrogens with one attached hydrogen (secondary N) is 2. The van der Waals surface area contributed by atoms with Gasteiger partial charge in [0.15, 0.2) is 0 Å². The fourth-order valence-corrected chi connectivity index (χ4v) is 3.15. The summed E-state index contributed by atoms with van der Waals surface area (Å²) < 4.78 is 0. The third-order valence-electron chi connectivity index (χ3n) is 4.52. The van der Waals surface area contributed by atoms with Crippen LogP contribution in [0.3, 0.4) is 0 Å². The third-order valence-corrected chi connectivity index (χ3v) is 4.52. The zero-order chi connectivity index (χ0) is 15.0. The van der Waals surface area contributed by atoms with Crippen molar-refractivity contribution in [3.05, 3.63) is 29.8 Å². The number of fused-ring (bicyclic) bond motifs is 1. The average molecular weight is 287 g/mol. The van der Waals surface area contributed by atoms with Crippen LogP contribution in [-0.2, 0) is 16.0 Å². The Labute approximate surface area is 124 Å². The maximum atomic E-state index is 12.5. The van der Waals surface area contributed by atoms with Gasteiger partial charge in [-0.1, -0.05) is 18.2 Å². The van der Waals surface area contributed by atoms with Crippen molar-refractivity contribution < 1.29 is 9.59 Å². The van der Waals surface area contributed by atoms with Crippen molar-refractivity contribution in [1.29, 1.82) is 0 Å². The number of amides is 2. The molecule has 2 heterocycles. The van der Waals surface area contributed by atoms with Gasteiger partial charge in [-0.3, -0.25) is 9.59 Å². The number of likely N-dealkylation sites (tertiary alicyclic amines) is 1. The minimum Gasteiger partial charge on any atom is -0.382 e. The Kier molecular flexibility index (Phi) is 3.57. The Hall–Kier alpha value is -2.04. The molecule has 2 amide bonds. The largest absolute Gasteiger partial charge is 0.382 e. The summed E-state index contributed by atoms with van der Waals surface area (Å²) in [6, 6.07) is 7.77. The number of likely N-dealkylation sites (N-methyl/N-ethyl adjacent to an activating group) is 1. The summed E-state index contributed by atoms with van der Waals surface area (Å²) >= 11 is 0. The number of carbonyl (C=O) groups excluding carboxylic acids is 2. The van der Waals surface area contributed by atoms with E-state index >= 15 is 0 Å². The Morgan fingerprint density at radius 1 is 1.38 bits per heavy atom. The molecule has 0 aromatic heterocycles. The summed E-state index contributed by atoms with van der Waals surface area (Å²) in [6.07, 6.45) is 1.42. The first-order valence-corrected chi connectivity index (χ1v) is 7.46. The molecule has 0 saturated carbocycles. The first-order chi connectivity index (χ1) is 10.1. The SMILES string of the molecule is CC1Nc2ccccc2CC1C(=O)NC1CCN(C)C1=O. The molecule has 5 heteroatoms. The van der Waals surface area contributed by atoms with E-state index in [-0.39, 0.29) is 29.8 Å². The molecule has 1 aromatic rings. The van der Waals surface area contributed by atoms with Gasteiger partial charge in [-0.2, -0.15) is 0 Å². The number of rotatable bonds is 2. The molecule has 0 spiro atoms. The molecule has 3 rings (SSSR count). The summed E-state index contributed by atoms with van der Waals surface area (Å²) in [5.41, 5.74) is 2.26. The van der Waals surface area contributed by atoms with Crippen LogP contribution in [0.4, 0.5) is 5.69 Å². The van der Waals surface area contributed by atoms with Gasteiger partial charge in [0.05, 0.1) is 5.92 Å². The van der Waals surface area contributed by atoms with E-state index in [0.29, 0.717) is 19.4 Å². The highest BCUT2D eigenvalue weighted by Crippen LogP contribution is 2.28. The zero-order valence-electron chi connectivity index (χ0n) is 12.4. The number of nitrogens with zero attached hydrogens (tertiary/aromatic N) is 1. The summed E-state index contributed by atoms with van der Waals surface area (Å²) in [5, 5.41) is 6.30. The molecule has 3 atom stereocenters. The van der Waals surface area contributed by atoms with Crippen molar-refractivity contribution in [1.82, 2.24) is 10.2 Å². The van der Waals surface area contributed by atoms with Crippen molar-refractivity contribution in [2.24, 2.45) is 5.92 Å². The van der Waals surface area contributed by atoms with E-state index in [9.17, 15) is 9.59 Å². The van der Waals surface area contributed by atoms with Gasteiger partial charge >= 0.3 is 0 Å².